The highest BCUT2D eigenvalue weighted by Gasteiger charge is 2.64. The SMILES string of the molecule is CC[C@H]1[C@@H](O)[C@@H]2[C@H](CC[C@]3(C)[C@@H]([C@H](C)CCOC(=O)CC4CCCCCC4)CC[C@@H]23)[C@@]2(C)CC[C@@H](O)C[C@@H]12. The summed E-state index contributed by atoms with van der Waals surface area (Å²) < 4.78 is 5.80. The van der Waals surface area contributed by atoms with Crippen LogP contribution in [0.4, 0.5) is 0 Å². The molecule has 0 aromatic heterocycles. The van der Waals surface area contributed by atoms with Crippen LogP contribution in [0.15, 0.2) is 0 Å². The fourth-order valence-electron chi connectivity index (χ4n) is 11.4. The summed E-state index contributed by atoms with van der Waals surface area (Å²) in [5, 5.41) is 22.4. The van der Waals surface area contributed by atoms with Gasteiger partial charge in [-0.1, -0.05) is 59.8 Å². The van der Waals surface area contributed by atoms with Gasteiger partial charge in [-0.3, -0.25) is 4.79 Å². The van der Waals surface area contributed by atoms with Crippen LogP contribution in [0, 0.1) is 58.2 Å². The molecule has 0 heterocycles. The minimum atomic E-state index is -0.225. The third-order valence-electron chi connectivity index (χ3n) is 13.4. The maximum absolute atomic E-state index is 12.6. The van der Waals surface area contributed by atoms with Crippen molar-refractivity contribution >= 4 is 5.97 Å². The highest BCUT2D eigenvalue weighted by molar-refractivity contribution is 5.69. The van der Waals surface area contributed by atoms with Crippen LogP contribution in [0.25, 0.3) is 0 Å². The second-order valence-corrected chi connectivity index (χ2v) is 15.2. The largest absolute Gasteiger partial charge is 0.466 e. The van der Waals surface area contributed by atoms with E-state index >= 15 is 0 Å². The third kappa shape index (κ3) is 5.24. The summed E-state index contributed by atoms with van der Waals surface area (Å²) in [7, 11) is 0. The number of carbonyl (C=O) groups is 1. The molecule has 4 heteroatoms. The first-order valence-corrected chi connectivity index (χ1v) is 16.7. The van der Waals surface area contributed by atoms with E-state index in [0.717, 1.165) is 32.1 Å². The van der Waals surface area contributed by atoms with E-state index in [1.807, 2.05) is 0 Å². The van der Waals surface area contributed by atoms with Gasteiger partial charge >= 0.3 is 5.97 Å². The predicted octanol–water partition coefficient (Wildman–Crippen LogP) is 7.54. The van der Waals surface area contributed by atoms with Gasteiger partial charge in [-0.15, -0.1) is 0 Å². The van der Waals surface area contributed by atoms with Gasteiger partial charge in [0.1, 0.15) is 0 Å². The number of rotatable bonds is 7. The van der Waals surface area contributed by atoms with Crippen molar-refractivity contribution in [3.8, 4) is 0 Å². The molecule has 0 spiro atoms. The van der Waals surface area contributed by atoms with E-state index in [9.17, 15) is 15.0 Å². The van der Waals surface area contributed by atoms with Crippen molar-refractivity contribution in [3.05, 3.63) is 0 Å². The molecule has 5 aliphatic rings. The molecule has 5 aliphatic carbocycles. The number of ether oxygens (including phenoxy) is 1. The molecule has 5 fully saturated rings. The topological polar surface area (TPSA) is 66.8 Å². The Labute approximate surface area is 233 Å². The standard InChI is InChI=1S/C34H58O4/c1-5-25-29-21-24(35)14-17-34(29,4)28-15-18-33(3)26(12-13-27(33)31(28)32(25)37)22(2)16-19-38-30(36)20-23-10-8-6-7-9-11-23/h22-29,31-32,35,37H,5-21H2,1-4H3/t22-,24-,25-,26-,27+,28+,29+,31+,32-,33-,34-/m1/s1. The highest BCUT2D eigenvalue weighted by Crippen LogP contribution is 2.69. The first-order chi connectivity index (χ1) is 18.2. The lowest BCUT2D eigenvalue weighted by molar-refractivity contribution is -0.203. The Morgan fingerprint density at radius 2 is 1.58 bits per heavy atom. The van der Waals surface area contributed by atoms with Crippen LogP contribution in [0.3, 0.4) is 0 Å². The van der Waals surface area contributed by atoms with Gasteiger partial charge in [0.05, 0.1) is 18.8 Å². The molecule has 5 rings (SSSR count). The summed E-state index contributed by atoms with van der Waals surface area (Å²) in [5.74, 6) is 4.14. The molecular weight excluding hydrogens is 472 g/mol. The van der Waals surface area contributed by atoms with Crippen LogP contribution in [0.5, 0.6) is 0 Å². The minimum Gasteiger partial charge on any atom is -0.466 e. The Bertz CT molecular complexity index is 804. The summed E-state index contributed by atoms with van der Waals surface area (Å²) in [6, 6.07) is 0. The van der Waals surface area contributed by atoms with Gasteiger partial charge < -0.3 is 14.9 Å². The van der Waals surface area contributed by atoms with Crippen LogP contribution in [0.1, 0.15) is 130 Å². The zero-order valence-electron chi connectivity index (χ0n) is 25.0. The first-order valence-electron chi connectivity index (χ1n) is 16.7. The van der Waals surface area contributed by atoms with Crippen molar-refractivity contribution in [2.75, 3.05) is 6.61 Å². The normalized spacial score (nSPS) is 46.4. The third-order valence-corrected chi connectivity index (χ3v) is 13.4. The molecule has 38 heavy (non-hydrogen) atoms. The molecule has 11 atom stereocenters. The molecule has 4 nitrogen and oxygen atoms in total. The molecule has 0 aromatic carbocycles. The van der Waals surface area contributed by atoms with Gasteiger partial charge in [0.15, 0.2) is 0 Å². The van der Waals surface area contributed by atoms with Gasteiger partial charge in [-0.2, -0.15) is 0 Å². The molecule has 0 radical (unpaired) electrons. The van der Waals surface area contributed by atoms with Crippen molar-refractivity contribution < 1.29 is 19.7 Å². The summed E-state index contributed by atoms with van der Waals surface area (Å²) >= 11 is 0. The van der Waals surface area contributed by atoms with Crippen molar-refractivity contribution in [2.24, 2.45) is 58.2 Å². The lowest BCUT2D eigenvalue weighted by Gasteiger charge is -2.64. The lowest BCUT2D eigenvalue weighted by Crippen LogP contribution is -2.62. The van der Waals surface area contributed by atoms with E-state index in [1.165, 1.54) is 64.2 Å². The van der Waals surface area contributed by atoms with Gasteiger partial charge in [0.2, 0.25) is 0 Å². The Balaban J connectivity index is 1.21. The molecule has 5 saturated carbocycles. The Hall–Kier alpha value is -0.610. The second kappa shape index (κ2) is 11.7. The summed E-state index contributed by atoms with van der Waals surface area (Å²) in [6.45, 7) is 10.3. The second-order valence-electron chi connectivity index (χ2n) is 15.2. The van der Waals surface area contributed by atoms with Crippen molar-refractivity contribution in [2.45, 2.75) is 143 Å². The zero-order chi connectivity index (χ0) is 27.1. The molecule has 0 aromatic rings. The van der Waals surface area contributed by atoms with Crippen LogP contribution < -0.4 is 0 Å². The number of hydrogen-bond acceptors (Lipinski definition) is 4. The van der Waals surface area contributed by atoms with Crippen LogP contribution in [-0.4, -0.2) is 35.0 Å². The van der Waals surface area contributed by atoms with E-state index < -0.39 is 0 Å². The van der Waals surface area contributed by atoms with Gasteiger partial charge in [-0.25, -0.2) is 0 Å². The van der Waals surface area contributed by atoms with Crippen molar-refractivity contribution in [1.82, 2.24) is 0 Å². The zero-order valence-corrected chi connectivity index (χ0v) is 25.0. The molecule has 0 saturated heterocycles. The predicted molar refractivity (Wildman–Crippen MR) is 152 cm³/mol. The van der Waals surface area contributed by atoms with E-state index in [-0.39, 0.29) is 29.0 Å². The number of fused-ring (bicyclic) bond motifs is 5. The quantitative estimate of drug-likeness (QED) is 0.263. The molecule has 2 N–H and O–H groups in total. The maximum atomic E-state index is 12.6. The fraction of sp³-hybridized carbons (Fsp3) is 0.971. The van der Waals surface area contributed by atoms with Crippen LogP contribution in [0.2, 0.25) is 0 Å². The number of aliphatic hydroxyl groups excluding tert-OH is 2. The fourth-order valence-corrected chi connectivity index (χ4v) is 11.4. The Kier molecular flexibility index (Phi) is 8.91. The molecule has 218 valence electrons. The van der Waals surface area contributed by atoms with Crippen LogP contribution in [-0.2, 0) is 9.53 Å². The van der Waals surface area contributed by atoms with Crippen molar-refractivity contribution in [1.29, 1.82) is 0 Å². The Morgan fingerprint density at radius 3 is 2.29 bits per heavy atom. The van der Waals surface area contributed by atoms with Gasteiger partial charge in [-0.05, 0) is 122 Å². The van der Waals surface area contributed by atoms with E-state index in [1.54, 1.807) is 0 Å². The lowest BCUT2D eigenvalue weighted by atomic mass is 9.41. The minimum absolute atomic E-state index is 0.0245. The maximum Gasteiger partial charge on any atom is 0.306 e. The number of carbonyl (C=O) groups excluding carboxylic acids is 1. The monoisotopic (exact) mass is 530 g/mol. The Morgan fingerprint density at radius 1 is 0.895 bits per heavy atom. The van der Waals surface area contributed by atoms with Gasteiger partial charge in [0, 0.05) is 6.42 Å². The molecule has 0 bridgehead atoms. The summed E-state index contributed by atoms with van der Waals surface area (Å²) in [4.78, 5) is 12.6. The number of hydrogen-bond donors (Lipinski definition) is 2. The average Bonchev–Trinajstić information content (AvgIpc) is 3.04. The number of esters is 1. The van der Waals surface area contributed by atoms with E-state index in [0.29, 0.717) is 60.4 Å². The van der Waals surface area contributed by atoms with E-state index in [4.69, 9.17) is 4.74 Å². The smallest absolute Gasteiger partial charge is 0.306 e. The van der Waals surface area contributed by atoms with Crippen molar-refractivity contribution in [3.63, 3.8) is 0 Å². The molecular formula is C34H58O4. The van der Waals surface area contributed by atoms with Gasteiger partial charge in [0.25, 0.3) is 0 Å². The molecule has 0 aliphatic heterocycles. The van der Waals surface area contributed by atoms with Crippen LogP contribution >= 0.6 is 0 Å². The summed E-state index contributed by atoms with van der Waals surface area (Å²) in [5.41, 5.74) is 0.544. The summed E-state index contributed by atoms with van der Waals surface area (Å²) in [6.07, 6.45) is 17.7. The van der Waals surface area contributed by atoms with E-state index in [2.05, 4.69) is 27.7 Å². The first kappa shape index (κ1) is 28.9. The highest BCUT2D eigenvalue weighted by atomic mass is 16.5. The molecule has 0 unspecified atom stereocenters. The number of aliphatic hydroxyl groups is 2. The average molecular weight is 531 g/mol. The molecule has 0 amide bonds.